The number of amides is 1. The number of nitrogens with one attached hydrogen (secondary N) is 2. The lowest BCUT2D eigenvalue weighted by Gasteiger charge is -2.09. The van der Waals surface area contributed by atoms with Gasteiger partial charge in [0.25, 0.3) is 0 Å². The molecule has 0 aliphatic carbocycles. The molecule has 1 amide bonds. The van der Waals surface area contributed by atoms with Crippen LogP contribution in [0.5, 0.6) is 5.75 Å². The number of methoxy groups -OCH3 is 1. The van der Waals surface area contributed by atoms with E-state index in [-0.39, 0.29) is 23.8 Å². The van der Waals surface area contributed by atoms with Crippen LogP contribution in [0.25, 0.3) is 0 Å². The molecule has 0 unspecified atom stereocenters. The van der Waals surface area contributed by atoms with Gasteiger partial charge in [0.1, 0.15) is 5.75 Å². The smallest absolute Gasteiger partial charge is 0.240 e. The molecule has 3 aromatic rings. The molecule has 0 aliphatic heterocycles. The van der Waals surface area contributed by atoms with Crippen molar-refractivity contribution in [3.05, 3.63) is 90.0 Å². The Bertz CT molecular complexity index is 1050. The highest BCUT2D eigenvalue weighted by Gasteiger charge is 2.14. The molecule has 0 saturated heterocycles. The minimum absolute atomic E-state index is 0.140. The van der Waals surface area contributed by atoms with Gasteiger partial charge in [0.2, 0.25) is 15.9 Å². The van der Waals surface area contributed by atoms with Gasteiger partial charge in [-0.2, -0.15) is 0 Å². The number of anilines is 1. The monoisotopic (exact) mass is 410 g/mol. The number of carbonyl (C=O) groups excluding carboxylic acids is 1. The lowest BCUT2D eigenvalue weighted by Crippen LogP contribution is -2.23. The Balaban J connectivity index is 1.57. The van der Waals surface area contributed by atoms with Crippen LogP contribution in [-0.4, -0.2) is 21.4 Å². The summed E-state index contributed by atoms with van der Waals surface area (Å²) in [5, 5.41) is 2.77. The molecule has 0 spiro atoms. The number of ether oxygens (including phenoxy) is 1. The highest BCUT2D eigenvalue weighted by molar-refractivity contribution is 7.89. The lowest BCUT2D eigenvalue weighted by atomic mass is 10.1. The number of carbonyl (C=O) groups is 1. The standard InChI is InChI=1S/C22H22N2O4S/c1-28-20-11-7-17(8-12-20)15-22(25)24-19-9-13-21(14-10-19)29(26,27)23-16-18-5-3-2-4-6-18/h2-14,23H,15-16H2,1H3,(H,24,25). The maximum atomic E-state index is 12.4. The van der Waals surface area contributed by atoms with Gasteiger partial charge in [-0.05, 0) is 47.5 Å². The molecular formula is C22H22N2O4S. The molecule has 29 heavy (non-hydrogen) atoms. The molecule has 0 fully saturated rings. The number of hydrogen-bond acceptors (Lipinski definition) is 4. The van der Waals surface area contributed by atoms with Crippen LogP contribution in [0.3, 0.4) is 0 Å². The maximum absolute atomic E-state index is 12.4. The van der Waals surface area contributed by atoms with Crippen molar-refractivity contribution in [1.82, 2.24) is 4.72 Å². The largest absolute Gasteiger partial charge is 0.497 e. The number of benzene rings is 3. The van der Waals surface area contributed by atoms with Crippen molar-refractivity contribution in [2.45, 2.75) is 17.9 Å². The highest BCUT2D eigenvalue weighted by atomic mass is 32.2. The molecule has 3 rings (SSSR count). The Morgan fingerprint density at radius 1 is 0.862 bits per heavy atom. The van der Waals surface area contributed by atoms with Gasteiger partial charge in [-0.1, -0.05) is 42.5 Å². The van der Waals surface area contributed by atoms with Crippen molar-refractivity contribution in [1.29, 1.82) is 0 Å². The molecule has 2 N–H and O–H groups in total. The Kier molecular flexibility index (Phi) is 6.64. The highest BCUT2D eigenvalue weighted by Crippen LogP contribution is 2.16. The van der Waals surface area contributed by atoms with Gasteiger partial charge >= 0.3 is 0 Å². The summed E-state index contributed by atoms with van der Waals surface area (Å²) < 4.78 is 32.5. The number of sulfonamides is 1. The molecule has 0 bridgehead atoms. The lowest BCUT2D eigenvalue weighted by molar-refractivity contribution is -0.115. The maximum Gasteiger partial charge on any atom is 0.240 e. The van der Waals surface area contributed by atoms with Gasteiger partial charge in [0.15, 0.2) is 0 Å². The third-order valence-electron chi connectivity index (χ3n) is 4.28. The van der Waals surface area contributed by atoms with Crippen LogP contribution in [0.1, 0.15) is 11.1 Å². The molecular weight excluding hydrogens is 388 g/mol. The van der Waals surface area contributed by atoms with E-state index in [2.05, 4.69) is 10.0 Å². The normalized spacial score (nSPS) is 11.1. The third-order valence-corrected chi connectivity index (χ3v) is 5.70. The predicted molar refractivity (Wildman–Crippen MR) is 112 cm³/mol. The van der Waals surface area contributed by atoms with Gasteiger partial charge in [-0.15, -0.1) is 0 Å². The fourth-order valence-electron chi connectivity index (χ4n) is 2.71. The van der Waals surface area contributed by atoms with E-state index in [4.69, 9.17) is 4.74 Å². The van der Waals surface area contributed by atoms with Crippen LogP contribution in [0.15, 0.2) is 83.8 Å². The fraction of sp³-hybridized carbons (Fsp3) is 0.136. The molecule has 0 heterocycles. The molecule has 150 valence electrons. The first-order valence-corrected chi connectivity index (χ1v) is 10.5. The summed E-state index contributed by atoms with van der Waals surface area (Å²) in [6.45, 7) is 0.212. The van der Waals surface area contributed by atoms with Crippen molar-refractivity contribution in [2.75, 3.05) is 12.4 Å². The van der Waals surface area contributed by atoms with E-state index in [9.17, 15) is 13.2 Å². The molecule has 0 aliphatic rings. The van der Waals surface area contributed by atoms with Crippen molar-refractivity contribution in [3.8, 4) is 5.75 Å². The first-order valence-electron chi connectivity index (χ1n) is 9.03. The van der Waals surface area contributed by atoms with Crippen LogP contribution >= 0.6 is 0 Å². The Hall–Kier alpha value is -3.16. The van der Waals surface area contributed by atoms with E-state index in [0.29, 0.717) is 5.69 Å². The zero-order valence-electron chi connectivity index (χ0n) is 16.0. The van der Waals surface area contributed by atoms with E-state index < -0.39 is 10.0 Å². The van der Waals surface area contributed by atoms with E-state index in [1.807, 2.05) is 42.5 Å². The van der Waals surface area contributed by atoms with Crippen LogP contribution in [0, 0.1) is 0 Å². The van der Waals surface area contributed by atoms with Crippen LogP contribution in [0.4, 0.5) is 5.69 Å². The first-order chi connectivity index (χ1) is 14.0. The average Bonchev–Trinajstić information content (AvgIpc) is 2.74. The average molecular weight is 410 g/mol. The zero-order valence-corrected chi connectivity index (χ0v) is 16.8. The van der Waals surface area contributed by atoms with E-state index in [1.165, 1.54) is 12.1 Å². The van der Waals surface area contributed by atoms with Crippen LogP contribution < -0.4 is 14.8 Å². The second kappa shape index (κ2) is 9.36. The minimum Gasteiger partial charge on any atom is -0.497 e. The summed E-state index contributed by atoms with van der Waals surface area (Å²) >= 11 is 0. The zero-order chi connectivity index (χ0) is 20.7. The molecule has 0 saturated carbocycles. The summed E-state index contributed by atoms with van der Waals surface area (Å²) in [6.07, 6.45) is 0.211. The minimum atomic E-state index is -3.63. The number of rotatable bonds is 8. The summed E-state index contributed by atoms with van der Waals surface area (Å²) in [5.41, 5.74) is 2.26. The van der Waals surface area contributed by atoms with Gasteiger partial charge < -0.3 is 10.1 Å². The van der Waals surface area contributed by atoms with Crippen molar-refractivity contribution >= 4 is 21.6 Å². The van der Waals surface area contributed by atoms with E-state index >= 15 is 0 Å². The molecule has 0 atom stereocenters. The van der Waals surface area contributed by atoms with Crippen molar-refractivity contribution in [2.24, 2.45) is 0 Å². The van der Waals surface area contributed by atoms with Crippen molar-refractivity contribution < 1.29 is 17.9 Å². The summed E-state index contributed by atoms with van der Waals surface area (Å²) in [7, 11) is -2.05. The van der Waals surface area contributed by atoms with E-state index in [0.717, 1.165) is 16.9 Å². The molecule has 3 aromatic carbocycles. The molecule has 7 heteroatoms. The van der Waals surface area contributed by atoms with Gasteiger partial charge in [0, 0.05) is 12.2 Å². The van der Waals surface area contributed by atoms with E-state index in [1.54, 1.807) is 31.4 Å². The molecule has 6 nitrogen and oxygen atoms in total. The summed E-state index contributed by atoms with van der Waals surface area (Å²) in [5.74, 6) is 0.541. The van der Waals surface area contributed by atoms with Crippen LogP contribution in [0.2, 0.25) is 0 Å². The topological polar surface area (TPSA) is 84.5 Å². The fourth-order valence-corrected chi connectivity index (χ4v) is 3.73. The Morgan fingerprint density at radius 3 is 2.14 bits per heavy atom. The second-order valence-corrected chi connectivity index (χ2v) is 8.17. The van der Waals surface area contributed by atoms with Gasteiger partial charge in [-0.25, -0.2) is 13.1 Å². The molecule has 0 aromatic heterocycles. The SMILES string of the molecule is COc1ccc(CC(=O)Nc2ccc(S(=O)(=O)NCc3ccccc3)cc2)cc1. The predicted octanol–water partition coefficient (Wildman–Crippen LogP) is 3.35. The Labute approximate surface area is 170 Å². The third kappa shape index (κ3) is 5.91. The molecule has 0 radical (unpaired) electrons. The Morgan fingerprint density at radius 2 is 1.52 bits per heavy atom. The van der Waals surface area contributed by atoms with Gasteiger partial charge in [-0.3, -0.25) is 4.79 Å². The number of hydrogen-bond donors (Lipinski definition) is 2. The first kappa shape index (κ1) is 20.6. The van der Waals surface area contributed by atoms with Crippen molar-refractivity contribution in [3.63, 3.8) is 0 Å². The second-order valence-electron chi connectivity index (χ2n) is 6.41. The van der Waals surface area contributed by atoms with Crippen LogP contribution in [-0.2, 0) is 27.8 Å². The quantitative estimate of drug-likeness (QED) is 0.596. The van der Waals surface area contributed by atoms with Gasteiger partial charge in [0.05, 0.1) is 18.4 Å². The summed E-state index contributed by atoms with van der Waals surface area (Å²) in [6, 6.07) is 22.6. The summed E-state index contributed by atoms with van der Waals surface area (Å²) in [4.78, 5) is 12.3.